The summed E-state index contributed by atoms with van der Waals surface area (Å²) >= 11 is 0. The zero-order valence-electron chi connectivity index (χ0n) is 13.8. The van der Waals surface area contributed by atoms with Gasteiger partial charge in [-0.1, -0.05) is 38.1 Å². The average Bonchev–Trinajstić information content (AvgIpc) is 3.37. The highest BCUT2D eigenvalue weighted by molar-refractivity contribution is 5.31. The lowest BCUT2D eigenvalue weighted by Crippen LogP contribution is -2.03. The Morgan fingerprint density at radius 2 is 1.48 bits per heavy atom. The van der Waals surface area contributed by atoms with Gasteiger partial charge in [-0.15, -0.1) is 0 Å². The number of hydrogen-bond donors (Lipinski definition) is 0. The van der Waals surface area contributed by atoms with Gasteiger partial charge in [0.05, 0.1) is 6.61 Å². The van der Waals surface area contributed by atoms with Crippen LogP contribution in [0.5, 0.6) is 11.5 Å². The van der Waals surface area contributed by atoms with Crippen molar-refractivity contribution in [1.29, 1.82) is 0 Å². The maximum absolute atomic E-state index is 5.83. The van der Waals surface area contributed by atoms with Crippen LogP contribution < -0.4 is 9.47 Å². The van der Waals surface area contributed by atoms with Crippen molar-refractivity contribution in [3.63, 3.8) is 0 Å². The lowest BCUT2D eigenvalue weighted by atomic mass is 10.0. The molecule has 1 heterocycles. The second kappa shape index (κ2) is 7.51. The summed E-state index contributed by atoms with van der Waals surface area (Å²) in [5.41, 5.74) is 2.56. The Kier molecular flexibility index (Phi) is 5.19. The van der Waals surface area contributed by atoms with Crippen LogP contribution in [-0.4, -0.2) is 19.3 Å². The first-order chi connectivity index (χ1) is 11.2. The fourth-order valence-corrected chi connectivity index (χ4v) is 2.40. The van der Waals surface area contributed by atoms with Crippen LogP contribution in [0.4, 0.5) is 0 Å². The predicted molar refractivity (Wildman–Crippen MR) is 91.0 cm³/mol. The van der Waals surface area contributed by atoms with E-state index in [1.165, 1.54) is 11.1 Å². The molecule has 1 aliphatic heterocycles. The molecule has 23 heavy (non-hydrogen) atoms. The third-order valence-corrected chi connectivity index (χ3v) is 3.73. The summed E-state index contributed by atoms with van der Waals surface area (Å²) < 4.78 is 16.6. The zero-order chi connectivity index (χ0) is 16.1. The van der Waals surface area contributed by atoms with Crippen LogP contribution in [-0.2, 0) is 17.8 Å². The van der Waals surface area contributed by atoms with Crippen molar-refractivity contribution < 1.29 is 14.2 Å². The molecule has 0 spiro atoms. The summed E-state index contributed by atoms with van der Waals surface area (Å²) in [5, 5.41) is 0. The molecular weight excluding hydrogens is 288 g/mol. The fraction of sp³-hybridized carbons (Fsp3) is 0.400. The molecule has 2 aromatic carbocycles. The summed E-state index contributed by atoms with van der Waals surface area (Å²) in [6.45, 7) is 6.50. The van der Waals surface area contributed by atoms with Gasteiger partial charge in [-0.25, -0.2) is 0 Å². The molecule has 122 valence electrons. The van der Waals surface area contributed by atoms with Crippen molar-refractivity contribution in [1.82, 2.24) is 0 Å². The summed E-state index contributed by atoms with van der Waals surface area (Å²) in [6, 6.07) is 16.4. The summed E-state index contributed by atoms with van der Waals surface area (Å²) in [4.78, 5) is 0. The van der Waals surface area contributed by atoms with E-state index in [0.717, 1.165) is 24.5 Å². The van der Waals surface area contributed by atoms with Crippen LogP contribution in [0.1, 0.15) is 25.0 Å². The summed E-state index contributed by atoms with van der Waals surface area (Å²) in [7, 11) is 0. The number of epoxide rings is 1. The van der Waals surface area contributed by atoms with Crippen LogP contribution in [0.25, 0.3) is 0 Å². The monoisotopic (exact) mass is 312 g/mol. The molecule has 0 N–H and O–H groups in total. The lowest BCUT2D eigenvalue weighted by molar-refractivity contribution is 0.262. The molecule has 0 amide bonds. The van der Waals surface area contributed by atoms with E-state index < -0.39 is 0 Å². The van der Waals surface area contributed by atoms with E-state index in [1.807, 2.05) is 24.3 Å². The first kappa shape index (κ1) is 15.9. The van der Waals surface area contributed by atoms with Gasteiger partial charge < -0.3 is 14.2 Å². The second-order valence-corrected chi connectivity index (χ2v) is 6.44. The van der Waals surface area contributed by atoms with Crippen molar-refractivity contribution in [2.45, 2.75) is 33.0 Å². The van der Waals surface area contributed by atoms with Crippen molar-refractivity contribution >= 4 is 0 Å². The lowest BCUT2D eigenvalue weighted by Gasteiger charge is -2.09. The third kappa shape index (κ3) is 5.29. The Labute approximate surface area is 138 Å². The predicted octanol–water partition coefficient (Wildman–Crippen LogP) is 4.24. The molecule has 3 rings (SSSR count). The maximum atomic E-state index is 5.83. The van der Waals surface area contributed by atoms with Gasteiger partial charge in [0.25, 0.3) is 0 Å². The number of rotatable bonds is 8. The van der Waals surface area contributed by atoms with Crippen LogP contribution in [0.15, 0.2) is 48.5 Å². The smallest absolute Gasteiger partial charge is 0.120 e. The molecule has 3 nitrogen and oxygen atoms in total. The average molecular weight is 312 g/mol. The van der Waals surface area contributed by atoms with Crippen LogP contribution >= 0.6 is 0 Å². The summed E-state index contributed by atoms with van der Waals surface area (Å²) in [6.07, 6.45) is 1.40. The van der Waals surface area contributed by atoms with E-state index in [-0.39, 0.29) is 6.10 Å². The quantitative estimate of drug-likeness (QED) is 0.683. The van der Waals surface area contributed by atoms with Crippen molar-refractivity contribution in [2.24, 2.45) is 5.92 Å². The van der Waals surface area contributed by atoms with Gasteiger partial charge in [0.1, 0.15) is 30.8 Å². The molecule has 1 atom stereocenters. The molecular formula is C20H24O3. The molecule has 0 aliphatic carbocycles. The fourth-order valence-electron chi connectivity index (χ4n) is 2.40. The topological polar surface area (TPSA) is 31.0 Å². The highest BCUT2D eigenvalue weighted by atomic mass is 16.6. The largest absolute Gasteiger partial charge is 0.491 e. The Balaban J connectivity index is 1.47. The van der Waals surface area contributed by atoms with Gasteiger partial charge in [-0.2, -0.15) is 0 Å². The molecule has 0 saturated carbocycles. The normalized spacial score (nSPS) is 16.4. The molecule has 1 aliphatic rings. The van der Waals surface area contributed by atoms with Gasteiger partial charge >= 0.3 is 0 Å². The molecule has 3 heteroatoms. The Morgan fingerprint density at radius 3 is 2.04 bits per heavy atom. The molecule has 0 bridgehead atoms. The van der Waals surface area contributed by atoms with Gasteiger partial charge in [-0.05, 0) is 47.7 Å². The number of ether oxygens (including phenoxy) is 3. The van der Waals surface area contributed by atoms with Crippen LogP contribution in [0, 0.1) is 5.92 Å². The first-order valence-electron chi connectivity index (χ1n) is 8.24. The van der Waals surface area contributed by atoms with E-state index in [9.17, 15) is 0 Å². The van der Waals surface area contributed by atoms with Crippen LogP contribution in [0.3, 0.4) is 0 Å². The SMILES string of the molecule is CC(C)Cc1ccc(COc2ccc(OCC3CO3)cc2)cc1. The van der Waals surface area contributed by atoms with Crippen molar-refractivity contribution in [2.75, 3.05) is 13.2 Å². The van der Waals surface area contributed by atoms with E-state index in [1.54, 1.807) is 0 Å². The molecule has 0 aromatic heterocycles. The highest BCUT2D eigenvalue weighted by Crippen LogP contribution is 2.20. The Hall–Kier alpha value is -2.00. The minimum atomic E-state index is 0.282. The first-order valence-corrected chi connectivity index (χ1v) is 8.24. The molecule has 1 fully saturated rings. The van der Waals surface area contributed by atoms with Gasteiger partial charge in [0.2, 0.25) is 0 Å². The Bertz CT molecular complexity index is 598. The van der Waals surface area contributed by atoms with E-state index in [4.69, 9.17) is 14.2 Å². The summed E-state index contributed by atoms with van der Waals surface area (Å²) in [5.74, 6) is 2.39. The van der Waals surface area contributed by atoms with Gasteiger partial charge in [0.15, 0.2) is 0 Å². The minimum absolute atomic E-state index is 0.282. The Morgan fingerprint density at radius 1 is 0.913 bits per heavy atom. The third-order valence-electron chi connectivity index (χ3n) is 3.73. The number of hydrogen-bond acceptors (Lipinski definition) is 3. The zero-order valence-corrected chi connectivity index (χ0v) is 13.8. The van der Waals surface area contributed by atoms with Crippen LogP contribution in [0.2, 0.25) is 0 Å². The number of benzene rings is 2. The van der Waals surface area contributed by atoms with Gasteiger partial charge in [-0.3, -0.25) is 0 Å². The van der Waals surface area contributed by atoms with E-state index >= 15 is 0 Å². The molecule has 0 radical (unpaired) electrons. The van der Waals surface area contributed by atoms with E-state index in [2.05, 4.69) is 38.1 Å². The minimum Gasteiger partial charge on any atom is -0.491 e. The maximum Gasteiger partial charge on any atom is 0.120 e. The standard InChI is InChI=1S/C20H24O3/c1-15(2)11-16-3-5-17(6-4-16)12-21-18-7-9-19(10-8-18)22-13-20-14-23-20/h3-10,15,20H,11-14H2,1-2H3. The molecule has 1 unspecified atom stereocenters. The van der Waals surface area contributed by atoms with Gasteiger partial charge in [0, 0.05) is 0 Å². The highest BCUT2D eigenvalue weighted by Gasteiger charge is 2.22. The van der Waals surface area contributed by atoms with E-state index in [0.29, 0.717) is 19.1 Å². The second-order valence-electron chi connectivity index (χ2n) is 6.44. The molecule has 1 saturated heterocycles. The van der Waals surface area contributed by atoms with Crippen molar-refractivity contribution in [3.8, 4) is 11.5 Å². The van der Waals surface area contributed by atoms with Crippen molar-refractivity contribution in [3.05, 3.63) is 59.7 Å². The molecule has 2 aromatic rings.